The molecule has 1 aromatic rings. The monoisotopic (exact) mass is 217 g/mol. The largest absolute Gasteiger partial charge is 0.348 e. The Morgan fingerprint density at radius 1 is 1.38 bits per heavy atom. The van der Waals surface area contributed by atoms with Crippen LogP contribution in [0.4, 0.5) is 0 Å². The number of fused-ring (bicyclic) bond motifs is 1. The fraction of sp³-hybridized carbons (Fsp3) is 0.615. The molecule has 86 valence electrons. The van der Waals surface area contributed by atoms with Crippen molar-refractivity contribution in [2.45, 2.75) is 38.1 Å². The molecule has 0 amide bonds. The van der Waals surface area contributed by atoms with E-state index in [1.165, 1.54) is 37.9 Å². The van der Waals surface area contributed by atoms with Crippen molar-refractivity contribution >= 4 is 0 Å². The molecule has 2 heterocycles. The minimum atomic E-state index is 0.687. The fourth-order valence-corrected chi connectivity index (χ4v) is 2.97. The lowest BCUT2D eigenvalue weighted by Gasteiger charge is -2.33. The molecule has 1 saturated heterocycles. The van der Waals surface area contributed by atoms with E-state index in [-0.39, 0.29) is 0 Å². The lowest BCUT2D eigenvalue weighted by molar-refractivity contribution is 0.395. The highest BCUT2D eigenvalue weighted by molar-refractivity contribution is 5.19. The normalized spacial score (nSPS) is 29.6. The summed E-state index contributed by atoms with van der Waals surface area (Å²) in [6.07, 6.45) is 12.6. The van der Waals surface area contributed by atoms with Gasteiger partial charge in [0.15, 0.2) is 0 Å². The molecule has 1 fully saturated rings. The average molecular weight is 217 g/mol. The summed E-state index contributed by atoms with van der Waals surface area (Å²) in [5, 5.41) is 3.61. The summed E-state index contributed by atoms with van der Waals surface area (Å²) in [6.45, 7) is 1.20. The van der Waals surface area contributed by atoms with E-state index in [4.69, 9.17) is 0 Å². The number of allylic oxidation sites excluding steroid dienone is 1. The summed E-state index contributed by atoms with van der Waals surface area (Å²) in [6, 6.07) is 0.687. The fourth-order valence-electron chi connectivity index (χ4n) is 2.97. The lowest BCUT2D eigenvalue weighted by Crippen LogP contribution is -2.38. The van der Waals surface area contributed by atoms with Crippen LogP contribution in [-0.4, -0.2) is 22.6 Å². The van der Waals surface area contributed by atoms with Gasteiger partial charge in [-0.15, -0.1) is 0 Å². The quantitative estimate of drug-likeness (QED) is 0.744. The van der Waals surface area contributed by atoms with E-state index in [2.05, 4.69) is 21.4 Å². The predicted octanol–water partition coefficient (Wildman–Crippen LogP) is 2.04. The van der Waals surface area contributed by atoms with Gasteiger partial charge < -0.3 is 10.3 Å². The number of nitrogens with one attached hydrogen (secondary N) is 2. The highest BCUT2D eigenvalue weighted by Gasteiger charge is 2.24. The molecular formula is C13H19N3. The Morgan fingerprint density at radius 3 is 3.25 bits per heavy atom. The number of imidazole rings is 1. The van der Waals surface area contributed by atoms with Crippen molar-refractivity contribution in [2.24, 2.45) is 5.92 Å². The minimum absolute atomic E-state index is 0.687. The third-order valence-corrected chi connectivity index (χ3v) is 3.79. The van der Waals surface area contributed by atoms with E-state index in [1.807, 2.05) is 6.20 Å². The van der Waals surface area contributed by atoms with Crippen molar-refractivity contribution in [3.8, 4) is 0 Å². The molecule has 1 aliphatic heterocycles. The second-order valence-corrected chi connectivity index (χ2v) is 4.97. The molecule has 2 unspecified atom stereocenters. The molecule has 0 saturated carbocycles. The van der Waals surface area contributed by atoms with Crippen molar-refractivity contribution in [2.75, 3.05) is 6.54 Å². The summed E-state index contributed by atoms with van der Waals surface area (Å²) in [7, 11) is 0. The van der Waals surface area contributed by atoms with Gasteiger partial charge in [-0.3, -0.25) is 0 Å². The van der Waals surface area contributed by atoms with E-state index >= 15 is 0 Å². The Hall–Kier alpha value is -1.09. The van der Waals surface area contributed by atoms with Gasteiger partial charge in [0.1, 0.15) is 0 Å². The summed E-state index contributed by atoms with van der Waals surface area (Å²) in [5.74, 6) is 0.714. The van der Waals surface area contributed by atoms with Crippen LogP contribution in [0.2, 0.25) is 0 Å². The van der Waals surface area contributed by atoms with Crippen LogP contribution in [-0.2, 0) is 6.42 Å². The van der Waals surface area contributed by atoms with Gasteiger partial charge in [0.25, 0.3) is 0 Å². The van der Waals surface area contributed by atoms with Gasteiger partial charge in [0.05, 0.1) is 6.33 Å². The molecule has 3 rings (SSSR count). The Balaban J connectivity index is 1.69. The molecule has 0 bridgehead atoms. The molecule has 2 atom stereocenters. The van der Waals surface area contributed by atoms with Gasteiger partial charge in [0.2, 0.25) is 0 Å². The number of hydrogen-bond acceptors (Lipinski definition) is 2. The molecule has 0 spiro atoms. The first-order valence-electron chi connectivity index (χ1n) is 6.33. The third kappa shape index (κ3) is 2.05. The van der Waals surface area contributed by atoms with Crippen LogP contribution < -0.4 is 5.32 Å². The van der Waals surface area contributed by atoms with E-state index < -0.39 is 0 Å². The van der Waals surface area contributed by atoms with Crippen molar-refractivity contribution < 1.29 is 0 Å². The molecule has 2 N–H and O–H groups in total. The first-order valence-corrected chi connectivity index (χ1v) is 6.33. The van der Waals surface area contributed by atoms with Gasteiger partial charge in [0, 0.05) is 17.9 Å². The zero-order valence-electron chi connectivity index (χ0n) is 9.58. The summed E-state index contributed by atoms with van der Waals surface area (Å²) >= 11 is 0. The molecular weight excluding hydrogens is 198 g/mol. The van der Waals surface area contributed by atoms with Gasteiger partial charge in [-0.05, 0) is 44.6 Å². The van der Waals surface area contributed by atoms with Gasteiger partial charge in [-0.25, -0.2) is 4.98 Å². The van der Waals surface area contributed by atoms with Gasteiger partial charge >= 0.3 is 0 Å². The smallest absolute Gasteiger partial charge is 0.0921 e. The Kier molecular flexibility index (Phi) is 2.79. The summed E-state index contributed by atoms with van der Waals surface area (Å²) in [5.41, 5.74) is 2.92. The number of aromatic amines is 1. The first kappa shape index (κ1) is 10.1. The van der Waals surface area contributed by atoms with Gasteiger partial charge in [-0.2, -0.15) is 0 Å². The number of rotatable bonds is 2. The SMILES string of the molecule is C1=C2CCCNC2CCC1Cc1cnc[nH]1. The lowest BCUT2D eigenvalue weighted by atomic mass is 9.81. The molecule has 1 aliphatic carbocycles. The van der Waals surface area contributed by atoms with Gasteiger partial charge in [-0.1, -0.05) is 11.6 Å². The molecule has 2 aliphatic rings. The molecule has 3 heteroatoms. The molecule has 1 aromatic heterocycles. The number of aromatic nitrogens is 2. The number of piperidine rings is 1. The van der Waals surface area contributed by atoms with Crippen LogP contribution >= 0.6 is 0 Å². The third-order valence-electron chi connectivity index (χ3n) is 3.79. The molecule has 0 aromatic carbocycles. The molecule has 3 nitrogen and oxygen atoms in total. The van der Waals surface area contributed by atoms with Crippen molar-refractivity contribution in [1.29, 1.82) is 0 Å². The second kappa shape index (κ2) is 4.42. The first-order chi connectivity index (χ1) is 7.92. The maximum atomic E-state index is 4.08. The highest BCUT2D eigenvalue weighted by Crippen LogP contribution is 2.30. The number of nitrogens with zero attached hydrogens (tertiary/aromatic N) is 1. The number of hydrogen-bond donors (Lipinski definition) is 2. The maximum absolute atomic E-state index is 4.08. The average Bonchev–Trinajstić information content (AvgIpc) is 2.82. The van der Waals surface area contributed by atoms with Crippen LogP contribution in [0.5, 0.6) is 0 Å². The van der Waals surface area contributed by atoms with Crippen LogP contribution in [0.25, 0.3) is 0 Å². The van der Waals surface area contributed by atoms with E-state index in [9.17, 15) is 0 Å². The van der Waals surface area contributed by atoms with Crippen LogP contribution in [0, 0.1) is 5.92 Å². The number of H-pyrrole nitrogens is 1. The Bertz CT molecular complexity index is 367. The summed E-state index contributed by atoms with van der Waals surface area (Å²) < 4.78 is 0. The molecule has 16 heavy (non-hydrogen) atoms. The van der Waals surface area contributed by atoms with E-state index in [0.29, 0.717) is 12.0 Å². The predicted molar refractivity (Wildman–Crippen MR) is 64.1 cm³/mol. The zero-order valence-corrected chi connectivity index (χ0v) is 9.58. The standard InChI is InChI=1S/C13H19N3/c1-2-11-6-10(3-4-13(11)15-5-1)7-12-8-14-9-16-12/h6,8-10,13,15H,1-5,7H2,(H,14,16). The maximum Gasteiger partial charge on any atom is 0.0921 e. The van der Waals surface area contributed by atoms with Crippen LogP contribution in [0.15, 0.2) is 24.2 Å². The Morgan fingerprint density at radius 2 is 2.38 bits per heavy atom. The second-order valence-electron chi connectivity index (χ2n) is 4.97. The van der Waals surface area contributed by atoms with Crippen molar-refractivity contribution in [1.82, 2.24) is 15.3 Å². The van der Waals surface area contributed by atoms with Crippen LogP contribution in [0.1, 0.15) is 31.4 Å². The topological polar surface area (TPSA) is 40.7 Å². The summed E-state index contributed by atoms with van der Waals surface area (Å²) in [4.78, 5) is 7.28. The van der Waals surface area contributed by atoms with Crippen LogP contribution in [0.3, 0.4) is 0 Å². The van der Waals surface area contributed by atoms with E-state index in [1.54, 1.807) is 11.9 Å². The van der Waals surface area contributed by atoms with E-state index in [0.717, 1.165) is 6.42 Å². The Labute approximate surface area is 96.4 Å². The highest BCUT2D eigenvalue weighted by atomic mass is 14.9. The zero-order chi connectivity index (χ0) is 10.8. The van der Waals surface area contributed by atoms with Crippen molar-refractivity contribution in [3.63, 3.8) is 0 Å². The molecule has 0 radical (unpaired) electrons. The van der Waals surface area contributed by atoms with Crippen molar-refractivity contribution in [3.05, 3.63) is 29.9 Å². The minimum Gasteiger partial charge on any atom is -0.348 e.